The van der Waals surface area contributed by atoms with E-state index in [1.165, 1.54) is 5.56 Å². The van der Waals surface area contributed by atoms with Crippen molar-refractivity contribution in [2.75, 3.05) is 0 Å². The Hall–Kier alpha value is -2.96. The summed E-state index contributed by atoms with van der Waals surface area (Å²) in [5.74, 6) is 1.19. The van der Waals surface area contributed by atoms with E-state index in [9.17, 15) is 4.79 Å². The van der Waals surface area contributed by atoms with Gasteiger partial charge in [0, 0.05) is 18.5 Å². The highest BCUT2D eigenvalue weighted by Crippen LogP contribution is 2.34. The van der Waals surface area contributed by atoms with Crippen molar-refractivity contribution in [2.45, 2.75) is 58.5 Å². The fourth-order valence-electron chi connectivity index (χ4n) is 3.67. The number of hydrogen-bond donors (Lipinski definition) is 1. The van der Waals surface area contributed by atoms with Crippen molar-refractivity contribution in [1.82, 2.24) is 25.0 Å². The van der Waals surface area contributed by atoms with Gasteiger partial charge in [0.15, 0.2) is 0 Å². The molecule has 1 aliphatic rings. The van der Waals surface area contributed by atoms with Gasteiger partial charge in [-0.3, -0.25) is 4.79 Å². The lowest BCUT2D eigenvalue weighted by Gasteiger charge is -2.15. The number of benzene rings is 1. The number of unbranched alkanes of at least 4 members (excludes halogenated alkanes) is 1. The molecule has 1 aliphatic carbocycles. The molecule has 2 aromatic heterocycles. The topological polar surface area (TPSA) is 85.8 Å². The zero-order chi connectivity index (χ0) is 19.5. The molecule has 146 valence electrons. The van der Waals surface area contributed by atoms with Crippen LogP contribution in [0.3, 0.4) is 0 Å². The zero-order valence-corrected chi connectivity index (χ0v) is 16.3. The maximum atomic E-state index is 12.8. The molecule has 3 aromatic rings. The van der Waals surface area contributed by atoms with Crippen LogP contribution >= 0.6 is 0 Å². The van der Waals surface area contributed by atoms with Crippen molar-refractivity contribution in [3.8, 4) is 11.4 Å². The van der Waals surface area contributed by atoms with Gasteiger partial charge < -0.3 is 14.4 Å². The Labute approximate surface area is 164 Å². The average Bonchev–Trinajstić information content (AvgIpc) is 3.45. The number of hydrogen-bond acceptors (Lipinski definition) is 5. The van der Waals surface area contributed by atoms with Crippen LogP contribution in [0, 0.1) is 0 Å². The molecule has 0 bridgehead atoms. The molecule has 0 spiro atoms. The molecule has 1 N–H and O–H groups in total. The van der Waals surface area contributed by atoms with Crippen LogP contribution in [-0.2, 0) is 19.4 Å². The van der Waals surface area contributed by atoms with Crippen LogP contribution in [0.15, 0.2) is 35.2 Å². The molecule has 1 aromatic carbocycles. The Morgan fingerprint density at radius 3 is 3.04 bits per heavy atom. The summed E-state index contributed by atoms with van der Waals surface area (Å²) in [6.07, 6.45) is 8.02. The van der Waals surface area contributed by atoms with Gasteiger partial charge in [-0.05, 0) is 36.5 Å². The van der Waals surface area contributed by atoms with E-state index in [0.29, 0.717) is 17.4 Å². The highest BCUT2D eigenvalue weighted by atomic mass is 16.5. The van der Waals surface area contributed by atoms with Crippen molar-refractivity contribution in [3.63, 3.8) is 0 Å². The molecule has 0 radical (unpaired) electrons. The molecule has 0 unspecified atom stereocenters. The van der Waals surface area contributed by atoms with E-state index in [1.54, 1.807) is 12.5 Å². The first kappa shape index (κ1) is 18.4. The summed E-state index contributed by atoms with van der Waals surface area (Å²) >= 11 is 0. The Bertz CT molecular complexity index is 975. The van der Waals surface area contributed by atoms with E-state index in [0.717, 1.165) is 49.8 Å². The number of aryl methyl sites for hydroxylation is 3. The predicted molar refractivity (Wildman–Crippen MR) is 105 cm³/mol. The highest BCUT2D eigenvalue weighted by Gasteiger charge is 2.26. The molecule has 0 fully saturated rings. The Balaban J connectivity index is 1.49. The van der Waals surface area contributed by atoms with Crippen molar-refractivity contribution >= 4 is 5.91 Å². The summed E-state index contributed by atoms with van der Waals surface area (Å²) in [5, 5.41) is 7.23. The normalized spacial score (nSPS) is 15.6. The molecule has 7 heteroatoms. The molecule has 0 saturated carbocycles. The van der Waals surface area contributed by atoms with Gasteiger partial charge in [0.25, 0.3) is 5.91 Å². The van der Waals surface area contributed by atoms with Crippen LogP contribution in [-0.4, -0.2) is 25.6 Å². The Kier molecular flexibility index (Phi) is 5.23. The molecule has 4 rings (SSSR count). The lowest BCUT2D eigenvalue weighted by atomic mass is 10.0. The molecule has 2 heterocycles. The standard InChI is InChI=1S/C21H25N5O2/c1-3-5-10-26-13-22-12-18(26)21(27)23-17-9-7-14-11-15(6-8-16(14)17)20-24-19(4-2)28-25-20/h6,8,11-13,17H,3-5,7,9-10H2,1-2H3,(H,23,27)/t17-/m1/s1. The average molecular weight is 379 g/mol. The van der Waals surface area contributed by atoms with Crippen molar-refractivity contribution < 1.29 is 9.32 Å². The van der Waals surface area contributed by atoms with E-state index in [2.05, 4.69) is 39.5 Å². The van der Waals surface area contributed by atoms with Gasteiger partial charge in [-0.1, -0.05) is 37.6 Å². The van der Waals surface area contributed by atoms with Crippen LogP contribution in [0.5, 0.6) is 0 Å². The summed E-state index contributed by atoms with van der Waals surface area (Å²) in [7, 11) is 0. The minimum atomic E-state index is -0.0683. The zero-order valence-electron chi connectivity index (χ0n) is 16.3. The van der Waals surface area contributed by atoms with Crippen LogP contribution in [0.4, 0.5) is 0 Å². The van der Waals surface area contributed by atoms with E-state index >= 15 is 0 Å². The SMILES string of the molecule is CCCCn1cncc1C(=O)N[C@@H]1CCc2cc(-c3noc(CC)n3)ccc21. The predicted octanol–water partition coefficient (Wildman–Crippen LogP) is 3.71. The minimum Gasteiger partial charge on any atom is -0.344 e. The first-order valence-electron chi connectivity index (χ1n) is 9.96. The third-order valence-electron chi connectivity index (χ3n) is 5.25. The van der Waals surface area contributed by atoms with Gasteiger partial charge >= 0.3 is 0 Å². The van der Waals surface area contributed by atoms with Crippen molar-refractivity contribution in [3.05, 3.63) is 53.4 Å². The molecule has 0 saturated heterocycles. The molecular formula is C21H25N5O2. The van der Waals surface area contributed by atoms with E-state index in [-0.39, 0.29) is 11.9 Å². The minimum absolute atomic E-state index is 0.0162. The van der Waals surface area contributed by atoms with Gasteiger partial charge in [0.1, 0.15) is 5.69 Å². The van der Waals surface area contributed by atoms with Crippen LogP contribution in [0.1, 0.15) is 66.7 Å². The molecule has 7 nitrogen and oxygen atoms in total. The van der Waals surface area contributed by atoms with Crippen molar-refractivity contribution in [1.29, 1.82) is 0 Å². The fourth-order valence-corrected chi connectivity index (χ4v) is 3.67. The summed E-state index contributed by atoms with van der Waals surface area (Å²) in [6, 6.07) is 6.19. The number of nitrogens with one attached hydrogen (secondary N) is 1. The largest absolute Gasteiger partial charge is 0.344 e. The lowest BCUT2D eigenvalue weighted by molar-refractivity contribution is 0.0927. The molecule has 28 heavy (non-hydrogen) atoms. The molecular weight excluding hydrogens is 354 g/mol. The van der Waals surface area contributed by atoms with Gasteiger partial charge in [0.2, 0.25) is 11.7 Å². The van der Waals surface area contributed by atoms with Gasteiger partial charge in [0.05, 0.1) is 18.6 Å². The quantitative estimate of drug-likeness (QED) is 0.676. The van der Waals surface area contributed by atoms with Crippen LogP contribution < -0.4 is 5.32 Å². The first-order chi connectivity index (χ1) is 13.7. The Morgan fingerprint density at radius 2 is 2.25 bits per heavy atom. The summed E-state index contributed by atoms with van der Waals surface area (Å²) in [6.45, 7) is 4.94. The van der Waals surface area contributed by atoms with E-state index in [1.807, 2.05) is 17.6 Å². The highest BCUT2D eigenvalue weighted by molar-refractivity contribution is 5.92. The number of imidazole rings is 1. The molecule has 0 aliphatic heterocycles. The summed E-state index contributed by atoms with van der Waals surface area (Å²) in [4.78, 5) is 21.3. The van der Waals surface area contributed by atoms with E-state index in [4.69, 9.17) is 4.52 Å². The third kappa shape index (κ3) is 3.56. The van der Waals surface area contributed by atoms with E-state index < -0.39 is 0 Å². The van der Waals surface area contributed by atoms with Gasteiger partial charge in [-0.25, -0.2) is 4.98 Å². The maximum absolute atomic E-state index is 12.8. The maximum Gasteiger partial charge on any atom is 0.270 e. The number of aromatic nitrogens is 4. The van der Waals surface area contributed by atoms with Gasteiger partial charge in [-0.15, -0.1) is 0 Å². The van der Waals surface area contributed by atoms with Crippen molar-refractivity contribution in [2.24, 2.45) is 0 Å². The smallest absolute Gasteiger partial charge is 0.270 e. The Morgan fingerprint density at radius 1 is 1.36 bits per heavy atom. The molecule has 1 amide bonds. The lowest BCUT2D eigenvalue weighted by Crippen LogP contribution is -2.29. The van der Waals surface area contributed by atoms with Crippen LogP contribution in [0.25, 0.3) is 11.4 Å². The number of carbonyl (C=O) groups excluding carboxylic acids is 1. The number of fused-ring (bicyclic) bond motifs is 1. The second-order valence-electron chi connectivity index (χ2n) is 7.17. The number of carbonyl (C=O) groups is 1. The monoisotopic (exact) mass is 379 g/mol. The fraction of sp³-hybridized carbons (Fsp3) is 0.429. The molecule has 1 atom stereocenters. The number of rotatable bonds is 7. The number of amides is 1. The third-order valence-corrected chi connectivity index (χ3v) is 5.25. The second-order valence-corrected chi connectivity index (χ2v) is 7.17. The number of nitrogens with zero attached hydrogens (tertiary/aromatic N) is 4. The van der Waals surface area contributed by atoms with Gasteiger partial charge in [-0.2, -0.15) is 4.98 Å². The summed E-state index contributed by atoms with van der Waals surface area (Å²) in [5.41, 5.74) is 3.96. The second kappa shape index (κ2) is 7.96. The van der Waals surface area contributed by atoms with Crippen LogP contribution in [0.2, 0.25) is 0 Å². The first-order valence-corrected chi connectivity index (χ1v) is 9.96. The summed E-state index contributed by atoms with van der Waals surface area (Å²) < 4.78 is 7.15.